The molecule has 0 spiro atoms. The van der Waals surface area contributed by atoms with Crippen molar-refractivity contribution in [3.8, 4) is 11.5 Å². The van der Waals surface area contributed by atoms with Gasteiger partial charge in [-0.05, 0) is 24.4 Å². The number of aromatic amines is 1. The molecule has 0 fully saturated rings. The number of pyridine rings is 1. The normalized spacial score (nSPS) is 10.8. The summed E-state index contributed by atoms with van der Waals surface area (Å²) in [6.45, 7) is 0. The molecule has 16 heavy (non-hydrogen) atoms. The molecule has 0 atom stereocenters. The number of rotatable bonds is 1. The highest BCUT2D eigenvalue weighted by Gasteiger charge is 2.04. The second kappa shape index (κ2) is 3.53. The van der Waals surface area contributed by atoms with Crippen LogP contribution in [0.4, 0.5) is 0 Å². The standard InChI is InChI=1S/C11H7N3OS/c16-11-13-10(14-15-11)9-6-5-7-3-1-2-4-8(7)12-9/h1-6H,(H,13,14,16). The van der Waals surface area contributed by atoms with E-state index in [1.807, 2.05) is 36.4 Å². The van der Waals surface area contributed by atoms with Gasteiger partial charge >= 0.3 is 4.84 Å². The van der Waals surface area contributed by atoms with Crippen LogP contribution in [0.15, 0.2) is 40.9 Å². The third-order valence-corrected chi connectivity index (χ3v) is 2.45. The summed E-state index contributed by atoms with van der Waals surface area (Å²) in [7, 11) is 0. The quantitative estimate of drug-likeness (QED) is 0.652. The number of para-hydroxylation sites is 1. The van der Waals surface area contributed by atoms with Crippen LogP contribution >= 0.6 is 12.2 Å². The molecular formula is C11H7N3OS. The Morgan fingerprint density at radius 2 is 1.94 bits per heavy atom. The number of hydrogen-bond donors (Lipinski definition) is 1. The van der Waals surface area contributed by atoms with Gasteiger partial charge in [0.05, 0.1) is 5.52 Å². The minimum atomic E-state index is 0.185. The van der Waals surface area contributed by atoms with Gasteiger partial charge in [-0.25, -0.2) is 4.98 Å². The summed E-state index contributed by atoms with van der Waals surface area (Å²) < 4.78 is 4.87. The van der Waals surface area contributed by atoms with Gasteiger partial charge in [0.1, 0.15) is 5.69 Å². The molecule has 3 rings (SSSR count). The molecule has 0 aliphatic rings. The lowest BCUT2D eigenvalue weighted by Crippen LogP contribution is -1.86. The van der Waals surface area contributed by atoms with Crippen molar-refractivity contribution in [1.82, 2.24) is 15.1 Å². The Bertz CT molecular complexity index is 701. The Morgan fingerprint density at radius 3 is 2.75 bits per heavy atom. The van der Waals surface area contributed by atoms with E-state index in [0.29, 0.717) is 5.82 Å². The molecule has 0 aliphatic heterocycles. The van der Waals surface area contributed by atoms with Crippen LogP contribution in [0.25, 0.3) is 22.4 Å². The maximum absolute atomic E-state index is 4.87. The van der Waals surface area contributed by atoms with E-state index in [1.54, 1.807) is 0 Å². The highest BCUT2D eigenvalue weighted by molar-refractivity contribution is 7.71. The van der Waals surface area contributed by atoms with Gasteiger partial charge in [0, 0.05) is 5.39 Å². The summed E-state index contributed by atoms with van der Waals surface area (Å²) in [6, 6.07) is 11.8. The summed E-state index contributed by atoms with van der Waals surface area (Å²) in [6.07, 6.45) is 0. The Kier molecular flexibility index (Phi) is 2.04. The Balaban J connectivity index is 2.22. The summed E-state index contributed by atoms with van der Waals surface area (Å²) in [4.78, 5) is 8.66. The van der Waals surface area contributed by atoms with Crippen molar-refractivity contribution in [2.45, 2.75) is 0 Å². The van der Waals surface area contributed by atoms with E-state index in [-0.39, 0.29) is 4.84 Å². The summed E-state index contributed by atoms with van der Waals surface area (Å²) in [5, 5.41) is 3.72. The number of nitrogens with one attached hydrogen (secondary N) is 1. The van der Waals surface area contributed by atoms with E-state index in [1.165, 1.54) is 0 Å². The first kappa shape index (κ1) is 9.23. The molecule has 1 aromatic carbocycles. The second-order valence-electron chi connectivity index (χ2n) is 3.32. The summed E-state index contributed by atoms with van der Waals surface area (Å²) >= 11 is 4.79. The van der Waals surface area contributed by atoms with E-state index >= 15 is 0 Å². The molecule has 2 heterocycles. The fourth-order valence-corrected chi connectivity index (χ4v) is 1.67. The van der Waals surface area contributed by atoms with Gasteiger partial charge in [0.2, 0.25) is 0 Å². The highest BCUT2D eigenvalue weighted by atomic mass is 32.1. The summed E-state index contributed by atoms with van der Waals surface area (Å²) in [5.74, 6) is 0.552. The third kappa shape index (κ3) is 1.51. The molecule has 5 heteroatoms. The van der Waals surface area contributed by atoms with Crippen LogP contribution < -0.4 is 0 Å². The Hall–Kier alpha value is -2.01. The fourth-order valence-electron chi connectivity index (χ4n) is 1.54. The van der Waals surface area contributed by atoms with Crippen LogP contribution in [0.5, 0.6) is 0 Å². The van der Waals surface area contributed by atoms with Gasteiger partial charge in [-0.1, -0.05) is 24.3 Å². The van der Waals surface area contributed by atoms with E-state index in [2.05, 4.69) is 15.1 Å². The second-order valence-corrected chi connectivity index (χ2v) is 3.67. The minimum Gasteiger partial charge on any atom is -0.348 e. The van der Waals surface area contributed by atoms with Gasteiger partial charge in [0.25, 0.3) is 0 Å². The highest BCUT2D eigenvalue weighted by Crippen LogP contribution is 2.17. The number of aromatic nitrogens is 3. The smallest absolute Gasteiger partial charge is 0.314 e. The van der Waals surface area contributed by atoms with Crippen molar-refractivity contribution in [3.63, 3.8) is 0 Å². The number of nitrogens with zero attached hydrogens (tertiary/aromatic N) is 2. The molecule has 0 saturated carbocycles. The third-order valence-electron chi connectivity index (χ3n) is 2.28. The Morgan fingerprint density at radius 1 is 1.06 bits per heavy atom. The molecule has 78 valence electrons. The first-order valence-corrected chi connectivity index (χ1v) is 5.15. The largest absolute Gasteiger partial charge is 0.348 e. The average Bonchev–Trinajstić information content (AvgIpc) is 2.75. The van der Waals surface area contributed by atoms with E-state index in [0.717, 1.165) is 16.6 Å². The van der Waals surface area contributed by atoms with Gasteiger partial charge in [0.15, 0.2) is 5.82 Å². The van der Waals surface area contributed by atoms with Crippen molar-refractivity contribution in [2.24, 2.45) is 0 Å². The van der Waals surface area contributed by atoms with Crippen molar-refractivity contribution in [1.29, 1.82) is 0 Å². The number of benzene rings is 1. The molecule has 0 unspecified atom stereocenters. The summed E-state index contributed by atoms with van der Waals surface area (Å²) in [5.41, 5.74) is 1.64. The predicted molar refractivity (Wildman–Crippen MR) is 62.4 cm³/mol. The van der Waals surface area contributed by atoms with E-state index in [4.69, 9.17) is 16.7 Å². The zero-order valence-corrected chi connectivity index (χ0v) is 8.99. The molecule has 0 saturated heterocycles. The lowest BCUT2D eigenvalue weighted by atomic mass is 10.2. The van der Waals surface area contributed by atoms with Crippen LogP contribution in [0.2, 0.25) is 0 Å². The number of hydrogen-bond acceptors (Lipinski definition) is 4. The molecule has 0 bridgehead atoms. The van der Waals surface area contributed by atoms with Gasteiger partial charge < -0.3 is 4.52 Å². The molecule has 0 amide bonds. The van der Waals surface area contributed by atoms with Crippen molar-refractivity contribution >= 4 is 23.1 Å². The lowest BCUT2D eigenvalue weighted by molar-refractivity contribution is 0.406. The van der Waals surface area contributed by atoms with Crippen molar-refractivity contribution in [3.05, 3.63) is 41.2 Å². The van der Waals surface area contributed by atoms with Crippen LogP contribution in [0.1, 0.15) is 0 Å². The van der Waals surface area contributed by atoms with Gasteiger partial charge in [-0.3, -0.25) is 0 Å². The van der Waals surface area contributed by atoms with Gasteiger partial charge in [-0.15, -0.1) is 0 Å². The number of fused-ring (bicyclic) bond motifs is 1. The maximum Gasteiger partial charge on any atom is 0.314 e. The molecular weight excluding hydrogens is 222 g/mol. The van der Waals surface area contributed by atoms with Crippen molar-refractivity contribution < 1.29 is 4.52 Å². The minimum absolute atomic E-state index is 0.185. The first-order chi connectivity index (χ1) is 7.83. The lowest BCUT2D eigenvalue weighted by Gasteiger charge is -1.98. The van der Waals surface area contributed by atoms with Crippen LogP contribution in [0, 0.1) is 4.84 Å². The van der Waals surface area contributed by atoms with Gasteiger partial charge in [-0.2, -0.15) is 10.1 Å². The van der Waals surface area contributed by atoms with E-state index in [9.17, 15) is 0 Å². The number of H-pyrrole nitrogens is 1. The molecule has 4 nitrogen and oxygen atoms in total. The topological polar surface area (TPSA) is 54.7 Å². The molecule has 0 aliphatic carbocycles. The zero-order chi connectivity index (χ0) is 11.0. The van der Waals surface area contributed by atoms with Crippen LogP contribution in [-0.4, -0.2) is 15.1 Å². The molecule has 1 N–H and O–H groups in total. The SMILES string of the molecule is S=c1nc(-c2ccc3ccccc3n2)[nH]o1. The molecule has 2 aromatic heterocycles. The first-order valence-electron chi connectivity index (χ1n) is 4.74. The Labute approximate surface area is 95.9 Å². The predicted octanol–water partition coefficient (Wildman–Crippen LogP) is 2.95. The molecule has 0 radical (unpaired) electrons. The average molecular weight is 229 g/mol. The maximum atomic E-state index is 4.87. The van der Waals surface area contributed by atoms with Crippen molar-refractivity contribution in [2.75, 3.05) is 0 Å². The van der Waals surface area contributed by atoms with Crippen LogP contribution in [-0.2, 0) is 0 Å². The van der Waals surface area contributed by atoms with Crippen LogP contribution in [0.3, 0.4) is 0 Å². The fraction of sp³-hybridized carbons (Fsp3) is 0. The van der Waals surface area contributed by atoms with E-state index < -0.39 is 0 Å². The zero-order valence-electron chi connectivity index (χ0n) is 8.18. The monoisotopic (exact) mass is 229 g/mol. The molecule has 3 aromatic rings.